The number of pyridine rings is 1. The van der Waals surface area contributed by atoms with Gasteiger partial charge in [0, 0.05) is 15.2 Å². The molecule has 0 aliphatic carbocycles. The molecule has 7 heteroatoms. The van der Waals surface area contributed by atoms with Crippen molar-refractivity contribution >= 4 is 38.4 Å². The van der Waals surface area contributed by atoms with E-state index in [9.17, 15) is 13.0 Å². The second-order valence-corrected chi connectivity index (χ2v) is 8.94. The predicted molar refractivity (Wildman–Crippen MR) is 116 cm³/mol. The Hall–Kier alpha value is -2.23. The molecule has 0 N–H and O–H groups in total. The average molecular weight is 506 g/mol. The van der Waals surface area contributed by atoms with Crippen molar-refractivity contribution in [3.05, 3.63) is 88.3 Å². The third-order valence-corrected chi connectivity index (χ3v) is 5.85. The zero-order valence-corrected chi connectivity index (χ0v) is 18.4. The smallest absolute Gasteiger partial charge is 0.286 e. The van der Waals surface area contributed by atoms with Crippen molar-refractivity contribution in [1.82, 2.24) is 4.57 Å². The molecular formula is C21H19IN2O3S. The monoisotopic (exact) mass is 506 g/mol. The molecule has 0 saturated carbocycles. The van der Waals surface area contributed by atoms with Gasteiger partial charge in [0.1, 0.15) is 16.3 Å². The van der Waals surface area contributed by atoms with E-state index in [1.165, 1.54) is 32.6 Å². The fourth-order valence-corrected chi connectivity index (χ4v) is 3.61. The number of nitrogens with zero attached hydrogens (tertiary/aromatic N) is 2. The molecule has 0 atom stereocenters. The number of imidazole rings is 1. The van der Waals surface area contributed by atoms with Gasteiger partial charge in [-0.15, -0.1) is 0 Å². The lowest BCUT2D eigenvalue weighted by Gasteiger charge is -2.05. The van der Waals surface area contributed by atoms with Gasteiger partial charge in [-0.1, -0.05) is 23.8 Å². The molecule has 0 spiro atoms. The Morgan fingerprint density at radius 1 is 0.964 bits per heavy atom. The molecule has 5 nitrogen and oxygen atoms in total. The van der Waals surface area contributed by atoms with Gasteiger partial charge in [-0.25, -0.2) is 17.4 Å². The summed E-state index contributed by atoms with van der Waals surface area (Å²) < 4.78 is 36.8. The molecule has 0 radical (unpaired) electrons. The Kier molecular flexibility index (Phi) is 6.17. The molecule has 0 saturated heterocycles. The van der Waals surface area contributed by atoms with E-state index < -0.39 is 10.1 Å². The fourth-order valence-electron chi connectivity index (χ4n) is 2.78. The van der Waals surface area contributed by atoms with Crippen LogP contribution in [0.3, 0.4) is 0 Å². The maximum Gasteiger partial charge on any atom is 0.286 e. The Morgan fingerprint density at radius 2 is 1.61 bits per heavy atom. The first-order chi connectivity index (χ1) is 13.3. The fraction of sp³-hybridized carbons (Fsp3) is 0.0952. The van der Waals surface area contributed by atoms with E-state index in [0.29, 0.717) is 0 Å². The molecular weight excluding hydrogens is 487 g/mol. The largest absolute Gasteiger partial charge is 0.744 e. The van der Waals surface area contributed by atoms with Crippen LogP contribution >= 0.6 is 22.6 Å². The van der Waals surface area contributed by atoms with E-state index in [4.69, 9.17) is 0 Å². The zero-order valence-electron chi connectivity index (χ0n) is 15.4. The number of benzene rings is 2. The van der Waals surface area contributed by atoms with Crippen LogP contribution in [0.4, 0.5) is 0 Å². The molecule has 2 heterocycles. The topological polar surface area (TPSA) is 66.2 Å². The molecule has 0 aliphatic heterocycles. The zero-order chi connectivity index (χ0) is 20.3. The summed E-state index contributed by atoms with van der Waals surface area (Å²) >= 11 is 2.33. The molecule has 144 valence electrons. The van der Waals surface area contributed by atoms with Crippen LogP contribution in [0.1, 0.15) is 5.56 Å². The van der Waals surface area contributed by atoms with Crippen LogP contribution in [0.5, 0.6) is 0 Å². The molecule has 0 unspecified atom stereocenters. The predicted octanol–water partition coefficient (Wildman–Crippen LogP) is 3.93. The second-order valence-electron chi connectivity index (χ2n) is 6.31. The summed E-state index contributed by atoms with van der Waals surface area (Å²) in [7, 11) is -2.17. The third-order valence-electron chi connectivity index (χ3n) is 4.28. The Labute approximate surface area is 178 Å². The SMILES string of the molecule is Cc1ccc(S(=O)(=O)[O-])cc1.Cn1c(-c2ccc(I)cc2)c[n+]2ccccc12. The minimum Gasteiger partial charge on any atom is -0.744 e. The van der Waals surface area contributed by atoms with Crippen LogP contribution < -0.4 is 4.40 Å². The van der Waals surface area contributed by atoms with E-state index in [2.05, 4.69) is 87.4 Å². The molecule has 0 fully saturated rings. The lowest BCUT2D eigenvalue weighted by Crippen LogP contribution is -2.17. The van der Waals surface area contributed by atoms with E-state index >= 15 is 0 Å². The van der Waals surface area contributed by atoms with Crippen molar-refractivity contribution in [2.45, 2.75) is 11.8 Å². The lowest BCUT2D eigenvalue weighted by molar-refractivity contribution is -0.510. The second kappa shape index (κ2) is 8.42. The normalized spacial score (nSPS) is 11.1. The summed E-state index contributed by atoms with van der Waals surface area (Å²) in [5.41, 5.74) is 4.60. The summed E-state index contributed by atoms with van der Waals surface area (Å²) in [5.74, 6) is 0. The van der Waals surface area contributed by atoms with Crippen molar-refractivity contribution in [3.8, 4) is 11.3 Å². The molecule has 2 aromatic heterocycles. The summed E-state index contributed by atoms with van der Waals surface area (Å²) in [5, 5.41) is 0. The number of halogens is 1. The Morgan fingerprint density at radius 3 is 2.18 bits per heavy atom. The number of hydrogen-bond donors (Lipinski definition) is 0. The maximum absolute atomic E-state index is 10.4. The number of hydrogen-bond acceptors (Lipinski definition) is 3. The lowest BCUT2D eigenvalue weighted by atomic mass is 10.2. The number of rotatable bonds is 2. The van der Waals surface area contributed by atoms with E-state index in [0.717, 1.165) is 5.56 Å². The highest BCUT2D eigenvalue weighted by Crippen LogP contribution is 2.20. The van der Waals surface area contributed by atoms with Crippen LogP contribution in [0, 0.1) is 10.5 Å². The first-order valence-electron chi connectivity index (χ1n) is 8.50. The third kappa shape index (κ3) is 4.78. The van der Waals surface area contributed by atoms with E-state index in [1.807, 2.05) is 13.0 Å². The quantitative estimate of drug-likeness (QED) is 0.235. The Balaban J connectivity index is 0.000000178. The van der Waals surface area contributed by atoms with Crippen molar-refractivity contribution in [3.63, 3.8) is 0 Å². The average Bonchev–Trinajstić information content (AvgIpc) is 3.00. The highest BCUT2D eigenvalue weighted by Gasteiger charge is 2.14. The number of aryl methyl sites for hydroxylation is 2. The van der Waals surface area contributed by atoms with Crippen molar-refractivity contribution < 1.29 is 17.4 Å². The Bertz CT molecular complexity index is 1200. The summed E-state index contributed by atoms with van der Waals surface area (Å²) in [6.45, 7) is 1.82. The van der Waals surface area contributed by atoms with Gasteiger partial charge in [-0.3, -0.25) is 0 Å². The van der Waals surface area contributed by atoms with E-state index in [1.54, 1.807) is 12.1 Å². The van der Waals surface area contributed by atoms with Crippen molar-refractivity contribution in [2.75, 3.05) is 0 Å². The van der Waals surface area contributed by atoms with Gasteiger partial charge in [0.2, 0.25) is 0 Å². The van der Waals surface area contributed by atoms with Crippen LogP contribution in [0.2, 0.25) is 0 Å². The van der Waals surface area contributed by atoms with E-state index in [-0.39, 0.29) is 4.90 Å². The van der Waals surface area contributed by atoms with Gasteiger partial charge in [0.15, 0.2) is 5.69 Å². The van der Waals surface area contributed by atoms with Gasteiger partial charge < -0.3 is 4.55 Å². The van der Waals surface area contributed by atoms with Crippen molar-refractivity contribution in [2.24, 2.45) is 7.05 Å². The van der Waals surface area contributed by atoms with Gasteiger partial charge >= 0.3 is 0 Å². The number of fused-ring (bicyclic) bond motifs is 1. The van der Waals surface area contributed by atoms with Crippen LogP contribution in [0.25, 0.3) is 16.9 Å². The molecule has 2 aromatic carbocycles. The number of aromatic nitrogens is 2. The molecule has 0 bridgehead atoms. The van der Waals surface area contributed by atoms with Gasteiger partial charge in [0.25, 0.3) is 5.65 Å². The highest BCUT2D eigenvalue weighted by atomic mass is 127. The van der Waals surface area contributed by atoms with Crippen LogP contribution in [-0.2, 0) is 17.2 Å². The molecule has 0 amide bonds. The minimum absolute atomic E-state index is 0.178. The van der Waals surface area contributed by atoms with Crippen LogP contribution in [-0.4, -0.2) is 17.5 Å². The van der Waals surface area contributed by atoms with Gasteiger partial charge in [-0.2, -0.15) is 0 Å². The first kappa shape index (κ1) is 20.5. The maximum atomic E-state index is 10.4. The first-order valence-corrected chi connectivity index (χ1v) is 11.0. The highest BCUT2D eigenvalue weighted by molar-refractivity contribution is 14.1. The summed E-state index contributed by atoms with van der Waals surface area (Å²) in [4.78, 5) is -0.178. The summed E-state index contributed by atoms with van der Waals surface area (Å²) in [6.07, 6.45) is 4.24. The standard InChI is InChI=1S/C14H12IN2.C7H8O3S/c1-16-13(11-5-7-12(15)8-6-11)10-17-9-3-2-4-14(16)17;1-6-2-4-7(5-3-6)11(8,9)10/h2-10H,1H3;2-5H,1H3,(H,8,9,10)/q+1;/p-1. The van der Waals surface area contributed by atoms with Crippen molar-refractivity contribution in [1.29, 1.82) is 0 Å². The molecule has 4 rings (SSSR count). The van der Waals surface area contributed by atoms with Crippen LogP contribution in [0.15, 0.2) is 84.0 Å². The van der Waals surface area contributed by atoms with Gasteiger partial charge in [0.05, 0.1) is 18.1 Å². The molecule has 0 aliphatic rings. The molecule has 28 heavy (non-hydrogen) atoms. The minimum atomic E-state index is -4.27. The van der Waals surface area contributed by atoms with Gasteiger partial charge in [-0.05, 0) is 72.0 Å². The molecule has 4 aromatic rings. The summed E-state index contributed by atoms with van der Waals surface area (Å²) in [6, 6.07) is 20.6.